The van der Waals surface area contributed by atoms with Crippen LogP contribution in [0.15, 0.2) is 104 Å². The summed E-state index contributed by atoms with van der Waals surface area (Å²) in [6.45, 7) is 4.18. The molecule has 0 saturated heterocycles. The van der Waals surface area contributed by atoms with E-state index in [-0.39, 0.29) is 6.10 Å². The summed E-state index contributed by atoms with van der Waals surface area (Å²) < 4.78 is 7.17. The van der Waals surface area contributed by atoms with Crippen LogP contribution in [0.1, 0.15) is 48.8 Å². The second kappa shape index (κ2) is 9.24. The van der Waals surface area contributed by atoms with Gasteiger partial charge in [-0.3, -0.25) is 0 Å². The van der Waals surface area contributed by atoms with Gasteiger partial charge in [-0.1, -0.05) is 116 Å². The highest BCUT2D eigenvalue weighted by atomic mass is 16.5. The van der Waals surface area contributed by atoms with E-state index < -0.39 is 5.60 Å². The Morgan fingerprint density at radius 2 is 1.10 bits per heavy atom. The Balaban J connectivity index is 1.88. The number of ether oxygens (including phenoxy) is 1. The van der Waals surface area contributed by atoms with Gasteiger partial charge < -0.3 is 4.74 Å². The van der Waals surface area contributed by atoms with E-state index in [1.165, 1.54) is 32.1 Å². The minimum atomic E-state index is -0.667. The summed E-state index contributed by atoms with van der Waals surface area (Å²) in [5, 5.41) is 0. The van der Waals surface area contributed by atoms with E-state index in [0.29, 0.717) is 5.92 Å². The molecule has 0 radical (unpaired) electrons. The van der Waals surface area contributed by atoms with Gasteiger partial charge in [-0.05, 0) is 35.4 Å². The van der Waals surface area contributed by atoms with Crippen LogP contribution >= 0.6 is 0 Å². The molecule has 4 rings (SSSR count). The molecule has 3 aromatic rings. The molecule has 0 heterocycles. The van der Waals surface area contributed by atoms with E-state index in [4.69, 9.17) is 4.74 Å². The minimum Gasteiger partial charge on any atom is -0.353 e. The lowest BCUT2D eigenvalue weighted by molar-refractivity contribution is -0.0565. The van der Waals surface area contributed by atoms with Crippen LogP contribution in [-0.2, 0) is 10.3 Å². The third-order valence-electron chi connectivity index (χ3n) is 6.20. The smallest absolute Gasteiger partial charge is 0.144 e. The van der Waals surface area contributed by atoms with Crippen LogP contribution < -0.4 is 0 Å². The van der Waals surface area contributed by atoms with Crippen LogP contribution in [0.25, 0.3) is 0 Å². The summed E-state index contributed by atoms with van der Waals surface area (Å²) in [6, 6.07) is 31.9. The van der Waals surface area contributed by atoms with E-state index in [9.17, 15) is 0 Å². The second-order valence-corrected chi connectivity index (χ2v) is 8.00. The Hall–Kier alpha value is -2.64. The van der Waals surface area contributed by atoms with Crippen molar-refractivity contribution in [1.29, 1.82) is 0 Å². The predicted molar refractivity (Wildman–Crippen MR) is 121 cm³/mol. The van der Waals surface area contributed by atoms with Crippen LogP contribution in [0.3, 0.4) is 0 Å². The van der Waals surface area contributed by atoms with E-state index in [1.807, 2.05) is 6.08 Å². The number of rotatable bonds is 7. The van der Waals surface area contributed by atoms with Crippen molar-refractivity contribution >= 4 is 0 Å². The molecule has 1 aliphatic carbocycles. The molecule has 3 aromatic carbocycles. The van der Waals surface area contributed by atoms with Crippen LogP contribution in [0.5, 0.6) is 0 Å². The van der Waals surface area contributed by atoms with Gasteiger partial charge in [-0.25, -0.2) is 0 Å². The molecular weight excluding hydrogens is 352 g/mol. The fourth-order valence-corrected chi connectivity index (χ4v) is 4.73. The molecule has 29 heavy (non-hydrogen) atoms. The highest BCUT2D eigenvalue weighted by Crippen LogP contribution is 2.43. The Kier molecular flexibility index (Phi) is 6.27. The monoisotopic (exact) mass is 382 g/mol. The lowest BCUT2D eigenvalue weighted by Gasteiger charge is -2.41. The van der Waals surface area contributed by atoms with Crippen molar-refractivity contribution in [2.24, 2.45) is 5.92 Å². The van der Waals surface area contributed by atoms with Crippen LogP contribution in [-0.4, -0.2) is 6.10 Å². The number of hydrogen-bond donors (Lipinski definition) is 0. The normalized spacial score (nSPS) is 16.3. The quantitative estimate of drug-likeness (QED) is 0.312. The molecule has 0 amide bonds. The maximum absolute atomic E-state index is 7.17. The number of hydrogen-bond acceptors (Lipinski definition) is 1. The first-order valence-electron chi connectivity index (χ1n) is 10.8. The minimum absolute atomic E-state index is 0.0101. The molecule has 1 heteroatoms. The Labute approximate surface area is 175 Å². The third-order valence-corrected chi connectivity index (χ3v) is 6.20. The van der Waals surface area contributed by atoms with E-state index in [0.717, 1.165) is 16.7 Å². The molecule has 0 aromatic heterocycles. The largest absolute Gasteiger partial charge is 0.353 e. The average Bonchev–Trinajstić information content (AvgIpc) is 2.82. The first-order valence-corrected chi connectivity index (χ1v) is 10.8. The highest BCUT2D eigenvalue weighted by Gasteiger charge is 2.40. The summed E-state index contributed by atoms with van der Waals surface area (Å²) in [4.78, 5) is 0. The van der Waals surface area contributed by atoms with Crippen molar-refractivity contribution in [3.63, 3.8) is 0 Å². The fourth-order valence-electron chi connectivity index (χ4n) is 4.73. The van der Waals surface area contributed by atoms with Crippen LogP contribution in [0.2, 0.25) is 0 Å². The first-order chi connectivity index (χ1) is 14.3. The van der Waals surface area contributed by atoms with Gasteiger partial charge in [0.25, 0.3) is 0 Å². The SMILES string of the molecule is C=CC(OC(c1ccccc1)(c1ccccc1)c1ccccc1)C1CCCCC1. The Morgan fingerprint density at radius 1 is 0.690 bits per heavy atom. The zero-order chi connectivity index (χ0) is 19.9. The zero-order valence-electron chi connectivity index (χ0n) is 17.0. The van der Waals surface area contributed by atoms with Crippen LogP contribution in [0.4, 0.5) is 0 Å². The zero-order valence-corrected chi connectivity index (χ0v) is 17.0. The van der Waals surface area contributed by atoms with Crippen molar-refractivity contribution in [1.82, 2.24) is 0 Å². The summed E-state index contributed by atoms with van der Waals surface area (Å²) in [5.74, 6) is 0.525. The van der Waals surface area contributed by atoms with Gasteiger partial charge in [0.1, 0.15) is 5.60 Å². The van der Waals surface area contributed by atoms with Gasteiger partial charge in [0.2, 0.25) is 0 Å². The Bertz CT molecular complexity index is 783. The summed E-state index contributed by atoms with van der Waals surface area (Å²) >= 11 is 0. The second-order valence-electron chi connectivity index (χ2n) is 8.00. The van der Waals surface area contributed by atoms with E-state index >= 15 is 0 Å². The van der Waals surface area contributed by atoms with Gasteiger partial charge in [0.05, 0.1) is 6.10 Å². The molecule has 1 unspecified atom stereocenters. The molecule has 1 atom stereocenters. The van der Waals surface area contributed by atoms with Gasteiger partial charge in [0.15, 0.2) is 0 Å². The average molecular weight is 383 g/mol. The van der Waals surface area contributed by atoms with Gasteiger partial charge >= 0.3 is 0 Å². The highest BCUT2D eigenvalue weighted by molar-refractivity contribution is 5.47. The lowest BCUT2D eigenvalue weighted by atomic mass is 9.78. The molecule has 1 saturated carbocycles. The van der Waals surface area contributed by atoms with Crippen LogP contribution in [0, 0.1) is 5.92 Å². The molecule has 0 N–H and O–H groups in total. The molecule has 0 aliphatic heterocycles. The van der Waals surface area contributed by atoms with Crippen molar-refractivity contribution < 1.29 is 4.74 Å². The van der Waals surface area contributed by atoms with Crippen molar-refractivity contribution in [3.8, 4) is 0 Å². The van der Waals surface area contributed by atoms with Gasteiger partial charge in [0, 0.05) is 0 Å². The maximum atomic E-state index is 7.17. The standard InChI is InChI=1S/C28H30O/c1-2-27(23-15-7-3-8-16-23)29-28(24-17-9-4-10-18-24,25-19-11-5-12-20-25)26-21-13-6-14-22-26/h2,4-6,9-14,17-23,27H,1,3,7-8,15-16H2. The topological polar surface area (TPSA) is 9.23 Å². The predicted octanol–water partition coefficient (Wildman–Crippen LogP) is 7.13. The summed E-state index contributed by atoms with van der Waals surface area (Å²) in [6.07, 6.45) is 8.37. The molecule has 0 spiro atoms. The molecular formula is C28H30O. The maximum Gasteiger partial charge on any atom is 0.144 e. The number of benzene rings is 3. The molecule has 148 valence electrons. The van der Waals surface area contributed by atoms with Gasteiger partial charge in [-0.15, -0.1) is 6.58 Å². The first kappa shape index (κ1) is 19.7. The van der Waals surface area contributed by atoms with Crippen molar-refractivity contribution in [2.45, 2.75) is 43.8 Å². The Morgan fingerprint density at radius 3 is 1.48 bits per heavy atom. The fraction of sp³-hybridized carbons (Fsp3) is 0.286. The molecule has 1 fully saturated rings. The van der Waals surface area contributed by atoms with Gasteiger partial charge in [-0.2, -0.15) is 0 Å². The molecule has 0 bridgehead atoms. The molecule has 1 nitrogen and oxygen atoms in total. The van der Waals surface area contributed by atoms with Crippen molar-refractivity contribution in [2.75, 3.05) is 0 Å². The van der Waals surface area contributed by atoms with E-state index in [2.05, 4.69) is 97.6 Å². The summed E-state index contributed by atoms with van der Waals surface area (Å²) in [7, 11) is 0. The molecule has 1 aliphatic rings. The third kappa shape index (κ3) is 4.06. The summed E-state index contributed by atoms with van der Waals surface area (Å²) in [5.41, 5.74) is 2.79. The van der Waals surface area contributed by atoms with Crippen molar-refractivity contribution in [3.05, 3.63) is 120 Å². The lowest BCUT2D eigenvalue weighted by Crippen LogP contribution is -2.39. The van der Waals surface area contributed by atoms with E-state index in [1.54, 1.807) is 0 Å².